The van der Waals surface area contributed by atoms with Gasteiger partial charge in [0.05, 0.1) is 11.9 Å². The minimum atomic E-state index is 0.662. The van der Waals surface area contributed by atoms with E-state index >= 15 is 0 Å². The minimum Gasteiger partial charge on any atom is -0.364 e. The number of rotatable bonds is 2. The number of pyridine rings is 1. The van der Waals surface area contributed by atoms with Crippen molar-refractivity contribution in [2.24, 2.45) is 0 Å². The van der Waals surface area contributed by atoms with Gasteiger partial charge in [0.1, 0.15) is 0 Å². The van der Waals surface area contributed by atoms with E-state index in [1.165, 1.54) is 23.2 Å². The molecule has 0 amide bonds. The van der Waals surface area contributed by atoms with Crippen molar-refractivity contribution in [1.29, 1.82) is 0 Å². The molecule has 3 nitrogen and oxygen atoms in total. The van der Waals surface area contributed by atoms with Gasteiger partial charge in [0.25, 0.3) is 0 Å². The van der Waals surface area contributed by atoms with Crippen molar-refractivity contribution in [1.82, 2.24) is 10.3 Å². The lowest BCUT2D eigenvalue weighted by Crippen LogP contribution is -2.43. The van der Waals surface area contributed by atoms with Crippen molar-refractivity contribution >= 4 is 17.0 Å². The van der Waals surface area contributed by atoms with Crippen LogP contribution < -0.4 is 10.2 Å². The summed E-state index contributed by atoms with van der Waals surface area (Å²) >= 11 is 1.73. The van der Waals surface area contributed by atoms with Crippen LogP contribution in [0.4, 0.5) is 5.69 Å². The zero-order chi connectivity index (χ0) is 11.9. The van der Waals surface area contributed by atoms with Gasteiger partial charge in [0.15, 0.2) is 0 Å². The predicted molar refractivity (Wildman–Crippen MR) is 75.1 cm³/mol. The van der Waals surface area contributed by atoms with E-state index in [2.05, 4.69) is 38.1 Å². The molecule has 2 aliphatic heterocycles. The monoisotopic (exact) mass is 257 g/mol. The fourth-order valence-electron chi connectivity index (χ4n) is 3.05. The minimum absolute atomic E-state index is 0.662. The Labute approximate surface area is 110 Å². The lowest BCUT2D eigenvalue weighted by molar-refractivity contribution is 0.580. The van der Waals surface area contributed by atoms with Crippen molar-refractivity contribution in [2.45, 2.75) is 18.5 Å². The zero-order valence-electron chi connectivity index (χ0n) is 10.0. The molecule has 0 unspecified atom stereocenters. The normalized spacial score (nSPS) is 25.9. The molecule has 92 valence electrons. The van der Waals surface area contributed by atoms with Crippen molar-refractivity contribution in [3.8, 4) is 11.1 Å². The molecule has 2 saturated heterocycles. The third-order valence-electron chi connectivity index (χ3n) is 3.97. The average Bonchev–Trinajstić information content (AvgIpc) is 3.15. The van der Waals surface area contributed by atoms with Crippen LogP contribution in [0.3, 0.4) is 0 Å². The van der Waals surface area contributed by atoms with Crippen LogP contribution in [-0.2, 0) is 0 Å². The van der Waals surface area contributed by atoms with Crippen LogP contribution in [0.1, 0.15) is 6.42 Å². The Morgan fingerprint density at radius 2 is 2.33 bits per heavy atom. The van der Waals surface area contributed by atoms with Gasteiger partial charge in [0, 0.05) is 36.9 Å². The summed E-state index contributed by atoms with van der Waals surface area (Å²) in [4.78, 5) is 6.92. The molecule has 0 aromatic carbocycles. The zero-order valence-corrected chi connectivity index (χ0v) is 10.9. The second-order valence-electron chi connectivity index (χ2n) is 5.09. The van der Waals surface area contributed by atoms with E-state index in [4.69, 9.17) is 0 Å². The quantitative estimate of drug-likeness (QED) is 0.895. The predicted octanol–water partition coefficient (Wildman–Crippen LogP) is 2.36. The van der Waals surface area contributed by atoms with Crippen LogP contribution >= 0.6 is 11.3 Å². The van der Waals surface area contributed by atoms with Crippen LogP contribution in [-0.4, -0.2) is 30.2 Å². The van der Waals surface area contributed by atoms with Gasteiger partial charge < -0.3 is 10.2 Å². The molecule has 0 spiro atoms. The van der Waals surface area contributed by atoms with Crippen molar-refractivity contribution in [3.05, 3.63) is 35.3 Å². The van der Waals surface area contributed by atoms with Gasteiger partial charge in [-0.25, -0.2) is 0 Å². The summed E-state index contributed by atoms with van der Waals surface area (Å²) in [7, 11) is 0. The molecule has 4 heterocycles. The number of fused-ring (bicyclic) bond motifs is 2. The maximum Gasteiger partial charge on any atom is 0.0562 e. The molecule has 4 rings (SSSR count). The van der Waals surface area contributed by atoms with E-state index in [0.29, 0.717) is 12.1 Å². The standard InChI is InChI=1S/C14H15N3S/c1-2-18-9-10(1)11-3-13(6-15-5-11)17-8-12-4-14(17)7-16-12/h1-3,5-6,9,12,14,16H,4,7-8H2/t12-,14-/m0/s1. The molecule has 18 heavy (non-hydrogen) atoms. The highest BCUT2D eigenvalue weighted by Gasteiger charge is 2.37. The fourth-order valence-corrected chi connectivity index (χ4v) is 3.71. The van der Waals surface area contributed by atoms with Crippen LogP contribution in [0.15, 0.2) is 35.3 Å². The lowest BCUT2D eigenvalue weighted by atomic mass is 10.1. The third-order valence-corrected chi connectivity index (χ3v) is 4.65. The fraction of sp³-hybridized carbons (Fsp3) is 0.357. The summed E-state index contributed by atoms with van der Waals surface area (Å²) in [6.45, 7) is 2.24. The maximum absolute atomic E-state index is 4.41. The first-order valence-corrected chi connectivity index (χ1v) is 7.32. The van der Waals surface area contributed by atoms with E-state index < -0.39 is 0 Å². The highest BCUT2D eigenvalue weighted by Crippen LogP contribution is 2.31. The largest absolute Gasteiger partial charge is 0.364 e. The Bertz CT molecular complexity index is 552. The molecule has 4 heteroatoms. The van der Waals surface area contributed by atoms with Gasteiger partial charge in [-0.05, 0) is 34.9 Å². The van der Waals surface area contributed by atoms with Crippen molar-refractivity contribution < 1.29 is 0 Å². The summed E-state index contributed by atoms with van der Waals surface area (Å²) in [5, 5.41) is 7.83. The number of thiophene rings is 1. The first kappa shape index (κ1) is 10.5. The maximum atomic E-state index is 4.41. The van der Waals surface area contributed by atoms with E-state index in [-0.39, 0.29) is 0 Å². The molecule has 2 aliphatic rings. The van der Waals surface area contributed by atoms with E-state index in [0.717, 1.165) is 13.1 Å². The average molecular weight is 257 g/mol. The van der Waals surface area contributed by atoms with Gasteiger partial charge in [-0.2, -0.15) is 11.3 Å². The summed E-state index contributed by atoms with van der Waals surface area (Å²) in [5.41, 5.74) is 3.77. The highest BCUT2D eigenvalue weighted by molar-refractivity contribution is 7.08. The first-order chi connectivity index (χ1) is 8.90. The number of nitrogens with one attached hydrogen (secondary N) is 1. The number of nitrogens with zero attached hydrogens (tertiary/aromatic N) is 2. The van der Waals surface area contributed by atoms with Crippen LogP contribution in [0.2, 0.25) is 0 Å². The Balaban J connectivity index is 1.68. The molecule has 0 saturated carbocycles. The second-order valence-corrected chi connectivity index (χ2v) is 5.87. The Hall–Kier alpha value is -1.39. The number of piperazine rings is 1. The van der Waals surface area contributed by atoms with Gasteiger partial charge in [-0.3, -0.25) is 4.98 Å². The summed E-state index contributed by atoms with van der Waals surface area (Å²) in [6, 6.07) is 5.77. The van der Waals surface area contributed by atoms with Crippen LogP contribution in [0, 0.1) is 0 Å². The summed E-state index contributed by atoms with van der Waals surface area (Å²) < 4.78 is 0. The Morgan fingerprint density at radius 3 is 3.06 bits per heavy atom. The molecule has 1 N–H and O–H groups in total. The highest BCUT2D eigenvalue weighted by atomic mass is 32.1. The Kier molecular flexibility index (Phi) is 2.38. The molecule has 2 atom stereocenters. The van der Waals surface area contributed by atoms with Crippen LogP contribution in [0.5, 0.6) is 0 Å². The van der Waals surface area contributed by atoms with Gasteiger partial charge in [0.2, 0.25) is 0 Å². The first-order valence-electron chi connectivity index (χ1n) is 6.38. The van der Waals surface area contributed by atoms with Gasteiger partial charge >= 0.3 is 0 Å². The van der Waals surface area contributed by atoms with E-state index in [1.54, 1.807) is 11.3 Å². The molecule has 2 fully saturated rings. The molecule has 0 aliphatic carbocycles. The van der Waals surface area contributed by atoms with E-state index in [1.807, 2.05) is 12.4 Å². The Morgan fingerprint density at radius 1 is 1.33 bits per heavy atom. The number of hydrogen-bond donors (Lipinski definition) is 1. The molecular weight excluding hydrogens is 242 g/mol. The van der Waals surface area contributed by atoms with Crippen molar-refractivity contribution in [2.75, 3.05) is 18.0 Å². The van der Waals surface area contributed by atoms with Gasteiger partial charge in [-0.1, -0.05) is 0 Å². The topological polar surface area (TPSA) is 28.2 Å². The SMILES string of the molecule is c1cc(-c2cncc(N3C[C@@H]4C[C@H]3CN4)c2)cs1. The molecular formula is C14H15N3S. The lowest BCUT2D eigenvalue weighted by Gasteiger charge is -2.29. The second kappa shape index (κ2) is 4.07. The number of hydrogen-bond acceptors (Lipinski definition) is 4. The molecule has 2 bridgehead atoms. The molecule has 2 aromatic heterocycles. The third kappa shape index (κ3) is 1.64. The summed E-state index contributed by atoms with van der Waals surface area (Å²) in [5.74, 6) is 0. The smallest absolute Gasteiger partial charge is 0.0562 e. The van der Waals surface area contributed by atoms with Crippen molar-refractivity contribution in [3.63, 3.8) is 0 Å². The van der Waals surface area contributed by atoms with E-state index in [9.17, 15) is 0 Å². The summed E-state index contributed by atoms with van der Waals surface area (Å²) in [6.07, 6.45) is 5.23. The number of anilines is 1. The van der Waals surface area contributed by atoms with Crippen LogP contribution in [0.25, 0.3) is 11.1 Å². The molecule has 2 aromatic rings. The van der Waals surface area contributed by atoms with Gasteiger partial charge in [-0.15, -0.1) is 0 Å². The molecule has 0 radical (unpaired) electrons. The number of aromatic nitrogens is 1.